The summed E-state index contributed by atoms with van der Waals surface area (Å²) in [7, 11) is 0. The van der Waals surface area contributed by atoms with Gasteiger partial charge in [0.2, 0.25) is 5.91 Å². The second-order valence-electron chi connectivity index (χ2n) is 7.17. The summed E-state index contributed by atoms with van der Waals surface area (Å²) >= 11 is 0. The monoisotopic (exact) mass is 381 g/mol. The van der Waals surface area contributed by atoms with E-state index < -0.39 is 6.10 Å². The molecule has 0 radical (unpaired) electrons. The summed E-state index contributed by atoms with van der Waals surface area (Å²) in [5.41, 5.74) is 3.79. The van der Waals surface area contributed by atoms with Gasteiger partial charge in [-0.2, -0.15) is 0 Å². The van der Waals surface area contributed by atoms with E-state index >= 15 is 0 Å². The van der Waals surface area contributed by atoms with Gasteiger partial charge in [-0.3, -0.25) is 9.59 Å². The van der Waals surface area contributed by atoms with Gasteiger partial charge in [-0.15, -0.1) is 0 Å². The van der Waals surface area contributed by atoms with Gasteiger partial charge in [0, 0.05) is 12.2 Å². The zero-order chi connectivity index (χ0) is 20.1. The predicted octanol–water partition coefficient (Wildman–Crippen LogP) is 3.04. The summed E-state index contributed by atoms with van der Waals surface area (Å²) < 4.78 is 5.87. The molecule has 6 heteroatoms. The zero-order valence-corrected chi connectivity index (χ0v) is 16.6. The molecule has 6 nitrogen and oxygen atoms in total. The Labute approximate surface area is 165 Å². The van der Waals surface area contributed by atoms with Crippen LogP contribution < -0.4 is 20.3 Å². The number of ether oxygens (including phenoxy) is 1. The smallest absolute Gasteiger partial charge is 0.262 e. The summed E-state index contributed by atoms with van der Waals surface area (Å²) in [6.45, 7) is 7.08. The van der Waals surface area contributed by atoms with E-state index in [0.29, 0.717) is 18.8 Å². The predicted molar refractivity (Wildman–Crippen MR) is 111 cm³/mol. The molecule has 0 saturated heterocycles. The van der Waals surface area contributed by atoms with Crippen LogP contribution in [-0.2, 0) is 9.59 Å². The van der Waals surface area contributed by atoms with E-state index in [2.05, 4.69) is 16.7 Å². The van der Waals surface area contributed by atoms with Crippen LogP contribution >= 0.6 is 0 Å². The van der Waals surface area contributed by atoms with Crippen molar-refractivity contribution in [2.75, 3.05) is 29.9 Å². The molecule has 0 aliphatic carbocycles. The summed E-state index contributed by atoms with van der Waals surface area (Å²) in [5, 5.41) is 5.83. The Balaban J connectivity index is 1.73. The average molecular weight is 381 g/mol. The second-order valence-corrected chi connectivity index (χ2v) is 7.17. The fraction of sp³-hybridized carbons (Fsp3) is 0.364. The molecule has 28 heavy (non-hydrogen) atoms. The standard InChI is InChI=1S/C22H27N3O3/c1-4-9-23-22(27)20-13-25(18-7-5-6-8-19(18)28-20)14-21(26)24-17-11-15(2)10-16(3)12-17/h5-8,10-12,20H,4,9,13-14H2,1-3H3,(H,23,27)(H,24,26). The first-order valence-electron chi connectivity index (χ1n) is 9.62. The van der Waals surface area contributed by atoms with Crippen molar-refractivity contribution in [2.45, 2.75) is 33.3 Å². The number of para-hydroxylation sites is 2. The molecule has 0 aromatic heterocycles. The lowest BCUT2D eigenvalue weighted by Gasteiger charge is -2.35. The Kier molecular flexibility index (Phi) is 6.19. The number of aryl methyl sites for hydroxylation is 2. The van der Waals surface area contributed by atoms with Crippen molar-refractivity contribution < 1.29 is 14.3 Å². The van der Waals surface area contributed by atoms with Crippen molar-refractivity contribution in [1.82, 2.24) is 5.32 Å². The largest absolute Gasteiger partial charge is 0.477 e. The first kappa shape index (κ1) is 19.7. The number of hydrogen-bond donors (Lipinski definition) is 2. The van der Waals surface area contributed by atoms with Crippen LogP contribution in [0.5, 0.6) is 5.75 Å². The van der Waals surface area contributed by atoms with Crippen molar-refractivity contribution in [3.8, 4) is 5.75 Å². The fourth-order valence-electron chi connectivity index (χ4n) is 3.38. The average Bonchev–Trinajstić information content (AvgIpc) is 2.65. The maximum atomic E-state index is 12.7. The van der Waals surface area contributed by atoms with Gasteiger partial charge in [-0.1, -0.05) is 25.1 Å². The molecule has 1 aliphatic rings. The lowest BCUT2D eigenvalue weighted by Crippen LogP contribution is -2.50. The van der Waals surface area contributed by atoms with Gasteiger partial charge in [0.15, 0.2) is 6.10 Å². The number of amides is 2. The number of benzene rings is 2. The molecule has 1 aliphatic heterocycles. The van der Waals surface area contributed by atoms with E-state index in [9.17, 15) is 9.59 Å². The van der Waals surface area contributed by atoms with Gasteiger partial charge >= 0.3 is 0 Å². The van der Waals surface area contributed by atoms with E-state index in [0.717, 1.165) is 28.9 Å². The summed E-state index contributed by atoms with van der Waals surface area (Å²) in [6.07, 6.45) is 0.215. The van der Waals surface area contributed by atoms with Crippen LogP contribution in [0.3, 0.4) is 0 Å². The highest BCUT2D eigenvalue weighted by molar-refractivity contribution is 5.95. The third-order valence-corrected chi connectivity index (χ3v) is 4.54. The highest BCUT2D eigenvalue weighted by atomic mass is 16.5. The van der Waals surface area contributed by atoms with Gasteiger partial charge in [-0.25, -0.2) is 0 Å². The van der Waals surface area contributed by atoms with Gasteiger partial charge in [0.05, 0.1) is 18.8 Å². The Morgan fingerprint density at radius 2 is 1.86 bits per heavy atom. The molecule has 1 heterocycles. The molecule has 0 fully saturated rings. The molecule has 2 amide bonds. The Bertz CT molecular complexity index is 846. The number of rotatable bonds is 6. The first-order valence-corrected chi connectivity index (χ1v) is 9.62. The van der Waals surface area contributed by atoms with Crippen molar-refractivity contribution in [2.24, 2.45) is 0 Å². The first-order chi connectivity index (χ1) is 13.5. The second kappa shape index (κ2) is 8.78. The van der Waals surface area contributed by atoms with Gasteiger partial charge < -0.3 is 20.3 Å². The van der Waals surface area contributed by atoms with Gasteiger partial charge in [-0.05, 0) is 55.7 Å². The van der Waals surface area contributed by atoms with E-state index in [-0.39, 0.29) is 18.4 Å². The fourth-order valence-corrected chi connectivity index (χ4v) is 3.38. The zero-order valence-electron chi connectivity index (χ0n) is 16.6. The number of nitrogens with zero attached hydrogens (tertiary/aromatic N) is 1. The summed E-state index contributed by atoms with van der Waals surface area (Å²) in [6, 6.07) is 13.4. The minimum Gasteiger partial charge on any atom is -0.477 e. The minimum atomic E-state index is -0.643. The van der Waals surface area contributed by atoms with Crippen LogP contribution in [0.2, 0.25) is 0 Å². The van der Waals surface area contributed by atoms with Gasteiger partial charge in [0.1, 0.15) is 5.75 Å². The van der Waals surface area contributed by atoms with Crippen molar-refractivity contribution in [3.05, 3.63) is 53.6 Å². The highest BCUT2D eigenvalue weighted by Gasteiger charge is 2.31. The maximum Gasteiger partial charge on any atom is 0.262 e. The molecule has 1 unspecified atom stereocenters. The quantitative estimate of drug-likeness (QED) is 0.807. The van der Waals surface area contributed by atoms with Crippen molar-refractivity contribution in [1.29, 1.82) is 0 Å². The third-order valence-electron chi connectivity index (χ3n) is 4.54. The van der Waals surface area contributed by atoms with Crippen LogP contribution in [0.4, 0.5) is 11.4 Å². The molecule has 2 aromatic rings. The van der Waals surface area contributed by atoms with Crippen LogP contribution in [0.25, 0.3) is 0 Å². The normalized spacial score (nSPS) is 15.4. The Hall–Kier alpha value is -3.02. The SMILES string of the molecule is CCCNC(=O)C1CN(CC(=O)Nc2cc(C)cc(C)c2)c2ccccc2O1. The van der Waals surface area contributed by atoms with E-state index in [1.54, 1.807) is 0 Å². The number of carbonyl (C=O) groups excluding carboxylic acids is 2. The van der Waals surface area contributed by atoms with E-state index in [4.69, 9.17) is 4.74 Å². The van der Waals surface area contributed by atoms with Crippen LogP contribution in [-0.4, -0.2) is 37.6 Å². The lowest BCUT2D eigenvalue weighted by molar-refractivity contribution is -0.128. The number of hydrogen-bond acceptors (Lipinski definition) is 4. The molecule has 0 saturated carbocycles. The highest BCUT2D eigenvalue weighted by Crippen LogP contribution is 2.33. The minimum absolute atomic E-state index is 0.130. The molecule has 0 spiro atoms. The topological polar surface area (TPSA) is 70.7 Å². The van der Waals surface area contributed by atoms with Gasteiger partial charge in [0.25, 0.3) is 5.91 Å². The third kappa shape index (κ3) is 4.82. The lowest BCUT2D eigenvalue weighted by atomic mass is 10.1. The molecule has 2 aromatic carbocycles. The van der Waals surface area contributed by atoms with Crippen molar-refractivity contribution in [3.63, 3.8) is 0 Å². The number of anilines is 2. The molecule has 3 rings (SSSR count). The Morgan fingerprint density at radius 3 is 2.57 bits per heavy atom. The van der Waals surface area contributed by atoms with Crippen LogP contribution in [0, 0.1) is 13.8 Å². The van der Waals surface area contributed by atoms with Crippen molar-refractivity contribution >= 4 is 23.2 Å². The van der Waals surface area contributed by atoms with Crippen LogP contribution in [0.1, 0.15) is 24.5 Å². The number of carbonyl (C=O) groups is 2. The maximum absolute atomic E-state index is 12.7. The Morgan fingerprint density at radius 1 is 1.14 bits per heavy atom. The molecule has 1 atom stereocenters. The molecule has 0 bridgehead atoms. The molecular formula is C22H27N3O3. The summed E-state index contributed by atoms with van der Waals surface area (Å²) in [4.78, 5) is 27.0. The molecule has 2 N–H and O–H groups in total. The molecule has 148 valence electrons. The van der Waals surface area contributed by atoms with Crippen LogP contribution in [0.15, 0.2) is 42.5 Å². The number of fused-ring (bicyclic) bond motifs is 1. The summed E-state index contributed by atoms with van der Waals surface area (Å²) in [5.74, 6) is 0.329. The van der Waals surface area contributed by atoms with E-state index in [1.165, 1.54) is 0 Å². The number of nitrogens with one attached hydrogen (secondary N) is 2. The van der Waals surface area contributed by atoms with E-state index in [1.807, 2.05) is 62.1 Å². The molecular weight excluding hydrogens is 354 g/mol.